The van der Waals surface area contributed by atoms with E-state index in [2.05, 4.69) is 15.7 Å². The molecule has 1 fully saturated rings. The number of anilines is 1. The van der Waals surface area contributed by atoms with Crippen molar-refractivity contribution in [3.05, 3.63) is 24.0 Å². The van der Waals surface area contributed by atoms with Crippen LogP contribution in [0.5, 0.6) is 0 Å². The van der Waals surface area contributed by atoms with Crippen LogP contribution in [0.3, 0.4) is 0 Å². The fourth-order valence-electron chi connectivity index (χ4n) is 1.72. The maximum Gasteiger partial charge on any atom is 0.270 e. The third-order valence-corrected chi connectivity index (χ3v) is 2.80. The SMILES string of the molecule is CC1(NC(=O)c2ccc(NN)cn2)CCOC1. The summed E-state index contributed by atoms with van der Waals surface area (Å²) in [5.41, 5.74) is 3.21. The van der Waals surface area contributed by atoms with Crippen molar-refractivity contribution in [1.29, 1.82) is 0 Å². The first-order valence-electron chi connectivity index (χ1n) is 5.46. The van der Waals surface area contributed by atoms with Crippen molar-refractivity contribution in [2.24, 2.45) is 5.84 Å². The molecule has 1 unspecified atom stereocenters. The number of carbonyl (C=O) groups excluding carboxylic acids is 1. The Hall–Kier alpha value is -1.66. The van der Waals surface area contributed by atoms with Crippen molar-refractivity contribution in [2.45, 2.75) is 18.9 Å². The molecule has 0 bridgehead atoms. The first-order valence-corrected chi connectivity index (χ1v) is 5.46. The molecule has 1 aliphatic rings. The minimum absolute atomic E-state index is 0.193. The van der Waals surface area contributed by atoms with Crippen LogP contribution in [-0.4, -0.2) is 29.6 Å². The van der Waals surface area contributed by atoms with Gasteiger partial charge in [-0.2, -0.15) is 0 Å². The van der Waals surface area contributed by atoms with Crippen molar-refractivity contribution < 1.29 is 9.53 Å². The Labute approximate surface area is 99.5 Å². The highest BCUT2D eigenvalue weighted by atomic mass is 16.5. The van der Waals surface area contributed by atoms with Crippen molar-refractivity contribution >= 4 is 11.6 Å². The molecule has 2 rings (SSSR count). The zero-order valence-corrected chi connectivity index (χ0v) is 9.69. The lowest BCUT2D eigenvalue weighted by atomic mass is 10.0. The predicted octanol–water partition coefficient (Wildman–Crippen LogP) is 0.276. The van der Waals surface area contributed by atoms with Crippen LogP contribution < -0.4 is 16.6 Å². The maximum absolute atomic E-state index is 11.9. The summed E-state index contributed by atoms with van der Waals surface area (Å²) in [6.07, 6.45) is 2.34. The molecule has 1 aromatic rings. The highest BCUT2D eigenvalue weighted by Crippen LogP contribution is 2.18. The summed E-state index contributed by atoms with van der Waals surface area (Å²) in [6, 6.07) is 3.33. The first kappa shape index (κ1) is 11.8. The summed E-state index contributed by atoms with van der Waals surface area (Å²) in [6.45, 7) is 3.19. The number of carbonyl (C=O) groups is 1. The molecule has 92 valence electrons. The van der Waals surface area contributed by atoms with E-state index in [0.29, 0.717) is 24.6 Å². The van der Waals surface area contributed by atoms with Gasteiger partial charge in [0.05, 0.1) is 24.0 Å². The van der Waals surface area contributed by atoms with Gasteiger partial charge in [-0.15, -0.1) is 0 Å². The van der Waals surface area contributed by atoms with Crippen LogP contribution in [0.15, 0.2) is 18.3 Å². The van der Waals surface area contributed by atoms with Gasteiger partial charge in [0.15, 0.2) is 0 Å². The molecule has 0 aliphatic carbocycles. The van der Waals surface area contributed by atoms with Crippen LogP contribution in [0.25, 0.3) is 0 Å². The Morgan fingerprint density at radius 1 is 1.59 bits per heavy atom. The topological polar surface area (TPSA) is 89.3 Å². The molecule has 6 nitrogen and oxygen atoms in total. The van der Waals surface area contributed by atoms with Gasteiger partial charge < -0.3 is 15.5 Å². The summed E-state index contributed by atoms with van der Waals surface area (Å²) in [5, 5.41) is 2.93. The predicted molar refractivity (Wildman–Crippen MR) is 63.4 cm³/mol. The normalized spacial score (nSPS) is 23.4. The second-order valence-corrected chi connectivity index (χ2v) is 4.39. The van der Waals surface area contributed by atoms with Crippen LogP contribution in [0.1, 0.15) is 23.8 Å². The van der Waals surface area contributed by atoms with Gasteiger partial charge in [-0.1, -0.05) is 0 Å². The summed E-state index contributed by atoms with van der Waals surface area (Å²) < 4.78 is 5.27. The van der Waals surface area contributed by atoms with Crippen LogP contribution in [0.4, 0.5) is 5.69 Å². The van der Waals surface area contributed by atoms with Gasteiger partial charge in [0.1, 0.15) is 5.69 Å². The number of hydrogen-bond donors (Lipinski definition) is 3. The quantitative estimate of drug-likeness (QED) is 0.518. The zero-order valence-electron chi connectivity index (χ0n) is 9.69. The molecule has 1 amide bonds. The fourth-order valence-corrected chi connectivity index (χ4v) is 1.72. The van der Waals surface area contributed by atoms with Crippen molar-refractivity contribution in [3.63, 3.8) is 0 Å². The van der Waals surface area contributed by atoms with Gasteiger partial charge in [-0.05, 0) is 25.5 Å². The maximum atomic E-state index is 11.9. The molecular weight excluding hydrogens is 220 g/mol. The Morgan fingerprint density at radius 2 is 2.41 bits per heavy atom. The summed E-state index contributed by atoms with van der Waals surface area (Å²) in [5.74, 6) is 5.03. The number of amides is 1. The monoisotopic (exact) mass is 236 g/mol. The Balaban J connectivity index is 2.03. The van der Waals surface area contributed by atoms with Crippen molar-refractivity contribution in [2.75, 3.05) is 18.6 Å². The average Bonchev–Trinajstić information content (AvgIpc) is 2.76. The third kappa shape index (κ3) is 2.72. The second-order valence-electron chi connectivity index (χ2n) is 4.39. The lowest BCUT2D eigenvalue weighted by molar-refractivity contribution is 0.0885. The molecule has 6 heteroatoms. The van der Waals surface area contributed by atoms with E-state index in [1.165, 1.54) is 6.20 Å². The molecule has 17 heavy (non-hydrogen) atoms. The Morgan fingerprint density at radius 3 is 2.94 bits per heavy atom. The number of aromatic nitrogens is 1. The minimum atomic E-state index is -0.288. The van der Waals surface area contributed by atoms with E-state index in [4.69, 9.17) is 10.6 Å². The molecule has 0 radical (unpaired) electrons. The number of ether oxygens (including phenoxy) is 1. The highest BCUT2D eigenvalue weighted by Gasteiger charge is 2.31. The number of pyridine rings is 1. The van der Waals surface area contributed by atoms with E-state index in [9.17, 15) is 4.79 Å². The lowest BCUT2D eigenvalue weighted by Crippen LogP contribution is -2.46. The van der Waals surface area contributed by atoms with Gasteiger partial charge in [0.2, 0.25) is 0 Å². The number of nitrogens with zero attached hydrogens (tertiary/aromatic N) is 1. The number of hydrazine groups is 1. The molecule has 0 aromatic carbocycles. The van der Waals surface area contributed by atoms with Crippen molar-refractivity contribution in [1.82, 2.24) is 10.3 Å². The van der Waals surface area contributed by atoms with Crippen LogP contribution in [0, 0.1) is 0 Å². The van der Waals surface area contributed by atoms with Gasteiger partial charge in [0, 0.05) is 6.61 Å². The molecule has 4 N–H and O–H groups in total. The molecule has 1 atom stereocenters. The molecule has 1 aliphatic heterocycles. The van der Waals surface area contributed by atoms with E-state index in [1.807, 2.05) is 6.92 Å². The standard InChI is InChI=1S/C11H16N4O2/c1-11(4-5-17-7-11)14-10(16)9-3-2-8(15-12)6-13-9/h2-3,6,15H,4-5,7,12H2,1H3,(H,14,16). The number of nitrogens with two attached hydrogens (primary N) is 1. The van der Waals surface area contributed by atoms with Crippen LogP contribution >= 0.6 is 0 Å². The smallest absolute Gasteiger partial charge is 0.270 e. The van der Waals surface area contributed by atoms with E-state index >= 15 is 0 Å². The molecular formula is C11H16N4O2. The van der Waals surface area contributed by atoms with Gasteiger partial charge in [-0.25, -0.2) is 4.98 Å². The molecule has 2 heterocycles. The molecule has 0 spiro atoms. The number of nitrogens with one attached hydrogen (secondary N) is 2. The molecule has 0 saturated carbocycles. The van der Waals surface area contributed by atoms with E-state index < -0.39 is 0 Å². The van der Waals surface area contributed by atoms with Crippen LogP contribution in [0.2, 0.25) is 0 Å². The number of hydrogen-bond acceptors (Lipinski definition) is 5. The molecule has 1 saturated heterocycles. The van der Waals surface area contributed by atoms with Gasteiger partial charge in [0.25, 0.3) is 5.91 Å². The van der Waals surface area contributed by atoms with E-state index in [-0.39, 0.29) is 11.4 Å². The lowest BCUT2D eigenvalue weighted by Gasteiger charge is -2.23. The Bertz CT molecular complexity index is 398. The average molecular weight is 236 g/mol. The van der Waals surface area contributed by atoms with Gasteiger partial charge in [-0.3, -0.25) is 10.6 Å². The largest absolute Gasteiger partial charge is 0.379 e. The summed E-state index contributed by atoms with van der Waals surface area (Å²) >= 11 is 0. The van der Waals surface area contributed by atoms with Crippen LogP contribution in [-0.2, 0) is 4.74 Å². The second kappa shape index (κ2) is 4.68. The zero-order chi connectivity index (χ0) is 12.3. The van der Waals surface area contributed by atoms with Crippen molar-refractivity contribution in [3.8, 4) is 0 Å². The minimum Gasteiger partial charge on any atom is -0.379 e. The van der Waals surface area contributed by atoms with E-state index in [0.717, 1.165) is 6.42 Å². The highest BCUT2D eigenvalue weighted by molar-refractivity contribution is 5.93. The number of nitrogen functional groups attached to an aromatic ring is 1. The third-order valence-electron chi connectivity index (χ3n) is 2.80. The van der Waals surface area contributed by atoms with Gasteiger partial charge >= 0.3 is 0 Å². The number of rotatable bonds is 3. The summed E-state index contributed by atoms with van der Waals surface area (Å²) in [4.78, 5) is 16.0. The molecule has 1 aromatic heterocycles. The summed E-state index contributed by atoms with van der Waals surface area (Å²) in [7, 11) is 0. The Kier molecular flexibility index (Phi) is 3.26. The first-order chi connectivity index (χ1) is 8.13. The van der Waals surface area contributed by atoms with E-state index in [1.54, 1.807) is 12.1 Å². The fraction of sp³-hybridized carbons (Fsp3) is 0.455.